The highest BCUT2D eigenvalue weighted by Gasteiger charge is 2.32. The first-order valence-electron chi connectivity index (χ1n) is 15.1. The molecule has 3 amide bonds. The molecule has 2 aliphatic heterocycles. The third-order valence-electron chi connectivity index (χ3n) is 8.65. The van der Waals surface area contributed by atoms with Crippen LogP contribution in [0.4, 0.5) is 4.39 Å². The third kappa shape index (κ3) is 6.41. The second-order valence-electron chi connectivity index (χ2n) is 11.5. The molecule has 4 aromatic rings. The van der Waals surface area contributed by atoms with Gasteiger partial charge in [0.1, 0.15) is 17.4 Å². The molecule has 1 aromatic heterocycles. The predicted molar refractivity (Wildman–Crippen MR) is 163 cm³/mol. The van der Waals surface area contributed by atoms with Crippen LogP contribution >= 0.6 is 0 Å². The number of likely N-dealkylation sites (tertiary alicyclic amines) is 2. The third-order valence-corrected chi connectivity index (χ3v) is 8.65. The maximum absolute atomic E-state index is 13.9. The Morgan fingerprint density at radius 2 is 1.66 bits per heavy atom. The summed E-state index contributed by atoms with van der Waals surface area (Å²) in [6.07, 6.45) is 3.13. The van der Waals surface area contributed by atoms with Gasteiger partial charge in [-0.1, -0.05) is 48.5 Å². The van der Waals surface area contributed by atoms with Crippen molar-refractivity contribution in [3.8, 4) is 0 Å². The smallest absolute Gasteiger partial charge is 0.287 e. The Labute approximate surface area is 254 Å². The van der Waals surface area contributed by atoms with Gasteiger partial charge in [0.15, 0.2) is 11.2 Å². The van der Waals surface area contributed by atoms with E-state index in [0.717, 1.165) is 37.4 Å². The maximum Gasteiger partial charge on any atom is 0.287 e. The Kier molecular flexibility index (Phi) is 8.54. The summed E-state index contributed by atoms with van der Waals surface area (Å²) in [4.78, 5) is 55.7. The van der Waals surface area contributed by atoms with Crippen molar-refractivity contribution in [1.29, 1.82) is 0 Å². The number of hydrogen-bond acceptors (Lipinski definition) is 5. The highest BCUT2D eigenvalue weighted by Crippen LogP contribution is 2.32. The number of carbonyl (C=O) groups is 3. The van der Waals surface area contributed by atoms with Crippen molar-refractivity contribution in [1.82, 2.24) is 15.1 Å². The number of rotatable bonds is 8. The summed E-state index contributed by atoms with van der Waals surface area (Å²) in [5.41, 5.74) is 2.97. The summed E-state index contributed by atoms with van der Waals surface area (Å²) < 4.78 is 19.3. The van der Waals surface area contributed by atoms with Gasteiger partial charge in [0.2, 0.25) is 11.8 Å². The van der Waals surface area contributed by atoms with Crippen molar-refractivity contribution in [2.45, 2.75) is 50.6 Å². The van der Waals surface area contributed by atoms with E-state index in [2.05, 4.69) is 17.4 Å². The summed E-state index contributed by atoms with van der Waals surface area (Å²) in [5.74, 6) is -1.07. The van der Waals surface area contributed by atoms with Crippen LogP contribution in [0.3, 0.4) is 0 Å². The topological polar surface area (TPSA) is 99.9 Å². The Morgan fingerprint density at radius 3 is 2.41 bits per heavy atom. The Bertz CT molecular complexity index is 1740. The lowest BCUT2D eigenvalue weighted by Crippen LogP contribution is -2.51. The summed E-state index contributed by atoms with van der Waals surface area (Å²) in [7, 11) is 0. The molecule has 0 bridgehead atoms. The van der Waals surface area contributed by atoms with E-state index in [1.54, 1.807) is 41.3 Å². The number of piperidine rings is 1. The maximum atomic E-state index is 13.9. The minimum absolute atomic E-state index is 0.148. The molecule has 8 nitrogen and oxygen atoms in total. The Balaban J connectivity index is 1.18. The van der Waals surface area contributed by atoms with Crippen LogP contribution < -0.4 is 10.7 Å². The molecule has 1 N–H and O–H groups in total. The fourth-order valence-electron chi connectivity index (χ4n) is 6.29. The van der Waals surface area contributed by atoms with Crippen LogP contribution in [0.15, 0.2) is 88.1 Å². The lowest BCUT2D eigenvalue weighted by Gasteiger charge is -2.35. The average Bonchev–Trinajstić information content (AvgIpc) is 3.45. The summed E-state index contributed by atoms with van der Waals surface area (Å²) in [5, 5.41) is 3.15. The quantitative estimate of drug-likeness (QED) is 0.316. The monoisotopic (exact) mass is 595 g/mol. The highest BCUT2D eigenvalue weighted by molar-refractivity contribution is 5.96. The van der Waals surface area contributed by atoms with Gasteiger partial charge in [-0.05, 0) is 66.1 Å². The first-order valence-corrected chi connectivity index (χ1v) is 15.1. The van der Waals surface area contributed by atoms with Gasteiger partial charge in [0.25, 0.3) is 5.91 Å². The van der Waals surface area contributed by atoms with E-state index in [1.807, 2.05) is 17.0 Å². The summed E-state index contributed by atoms with van der Waals surface area (Å²) in [6.45, 7) is 2.39. The van der Waals surface area contributed by atoms with E-state index in [1.165, 1.54) is 17.7 Å². The molecule has 0 aliphatic carbocycles. The number of amides is 3. The fraction of sp³-hybridized carbons (Fsp3) is 0.314. The minimum Gasteiger partial charge on any atom is -0.451 e. The fourth-order valence-corrected chi connectivity index (χ4v) is 6.29. The first kappa shape index (κ1) is 29.3. The minimum atomic E-state index is -0.949. The van der Waals surface area contributed by atoms with Gasteiger partial charge in [-0.2, -0.15) is 0 Å². The first-order chi connectivity index (χ1) is 21.4. The zero-order valence-corrected chi connectivity index (χ0v) is 24.3. The van der Waals surface area contributed by atoms with Crippen molar-refractivity contribution in [3.05, 3.63) is 117 Å². The molecule has 1 atom stereocenters. The van der Waals surface area contributed by atoms with Crippen LogP contribution in [0.1, 0.15) is 58.8 Å². The highest BCUT2D eigenvalue weighted by atomic mass is 19.1. The molecule has 3 heterocycles. The van der Waals surface area contributed by atoms with Gasteiger partial charge in [-0.3, -0.25) is 19.2 Å². The number of fused-ring (bicyclic) bond motifs is 1. The van der Waals surface area contributed by atoms with Gasteiger partial charge < -0.3 is 19.5 Å². The van der Waals surface area contributed by atoms with Gasteiger partial charge in [-0.25, -0.2) is 4.39 Å². The van der Waals surface area contributed by atoms with Crippen molar-refractivity contribution in [3.63, 3.8) is 0 Å². The molecule has 0 saturated carbocycles. The average molecular weight is 596 g/mol. The molecule has 3 aromatic carbocycles. The molecular weight excluding hydrogens is 561 g/mol. The van der Waals surface area contributed by atoms with Crippen molar-refractivity contribution in [2.75, 3.05) is 19.6 Å². The van der Waals surface area contributed by atoms with Gasteiger partial charge >= 0.3 is 0 Å². The van der Waals surface area contributed by atoms with E-state index in [9.17, 15) is 23.6 Å². The predicted octanol–water partition coefficient (Wildman–Crippen LogP) is 4.80. The largest absolute Gasteiger partial charge is 0.451 e. The number of benzene rings is 3. The normalized spacial score (nSPS) is 16.3. The summed E-state index contributed by atoms with van der Waals surface area (Å²) >= 11 is 0. The zero-order chi connectivity index (χ0) is 30.6. The standard InChI is InChI=1S/C35H34FN3O5/c36-26-13-11-23(12-14-26)20-29(37-34(42)32-21-30(40)28-8-3-4-9-31(28)44-32)35(43)38-18-15-24(16-19-38)27-7-2-1-6-25(27)22-39-17-5-10-33(39)41/h1-4,6-9,11-14,21,24,29H,5,10,15-20,22H2,(H,37,42)/t29-/m1/s1. The molecule has 6 rings (SSSR count). The number of nitrogens with one attached hydrogen (secondary N) is 1. The van der Waals surface area contributed by atoms with Crippen LogP contribution in [0, 0.1) is 5.82 Å². The van der Waals surface area contributed by atoms with Gasteiger partial charge in [0, 0.05) is 45.1 Å². The van der Waals surface area contributed by atoms with E-state index in [4.69, 9.17) is 4.42 Å². The molecule has 226 valence electrons. The second kappa shape index (κ2) is 12.8. The van der Waals surface area contributed by atoms with Crippen molar-refractivity contribution >= 4 is 28.7 Å². The lowest BCUT2D eigenvalue weighted by atomic mass is 9.86. The van der Waals surface area contributed by atoms with Crippen LogP contribution in [0.5, 0.6) is 0 Å². The molecule has 2 saturated heterocycles. The SMILES string of the molecule is O=C(N[C@H](Cc1ccc(F)cc1)C(=O)N1CCC(c2ccccc2CN2CCCC2=O)CC1)c1cc(=O)c2ccccc2o1. The summed E-state index contributed by atoms with van der Waals surface area (Å²) in [6, 6.07) is 20.9. The van der Waals surface area contributed by atoms with E-state index in [0.29, 0.717) is 37.0 Å². The molecule has 0 spiro atoms. The van der Waals surface area contributed by atoms with Crippen LogP contribution in [-0.4, -0.2) is 53.2 Å². The second-order valence-corrected chi connectivity index (χ2v) is 11.5. The number of para-hydroxylation sites is 1. The number of hydrogen-bond donors (Lipinski definition) is 1. The van der Waals surface area contributed by atoms with E-state index >= 15 is 0 Å². The molecule has 0 unspecified atom stereocenters. The zero-order valence-electron chi connectivity index (χ0n) is 24.3. The van der Waals surface area contributed by atoms with Gasteiger partial charge in [-0.15, -0.1) is 0 Å². The van der Waals surface area contributed by atoms with Gasteiger partial charge in [0.05, 0.1) is 5.39 Å². The van der Waals surface area contributed by atoms with E-state index < -0.39 is 17.8 Å². The molecule has 2 aliphatic rings. The molecule has 0 radical (unpaired) electrons. The van der Waals surface area contributed by atoms with E-state index in [-0.39, 0.29) is 40.9 Å². The van der Waals surface area contributed by atoms with Crippen LogP contribution in [0.2, 0.25) is 0 Å². The Hall–Kier alpha value is -4.79. The van der Waals surface area contributed by atoms with Crippen LogP contribution in [-0.2, 0) is 22.6 Å². The van der Waals surface area contributed by atoms with Crippen molar-refractivity contribution in [2.24, 2.45) is 0 Å². The molecular formula is C35H34FN3O5. The molecule has 2 fully saturated rings. The molecule has 9 heteroatoms. The number of halogens is 1. The number of carbonyl (C=O) groups excluding carboxylic acids is 3. The van der Waals surface area contributed by atoms with Crippen molar-refractivity contribution < 1.29 is 23.2 Å². The Morgan fingerprint density at radius 1 is 0.932 bits per heavy atom. The number of nitrogens with zero attached hydrogens (tertiary/aromatic N) is 2. The lowest BCUT2D eigenvalue weighted by molar-refractivity contribution is -0.134. The van der Waals surface area contributed by atoms with Crippen LogP contribution in [0.25, 0.3) is 11.0 Å². The molecule has 44 heavy (non-hydrogen) atoms.